The summed E-state index contributed by atoms with van der Waals surface area (Å²) in [5.74, 6) is 0.669. The van der Waals surface area contributed by atoms with Crippen LogP contribution in [0, 0.1) is 23.2 Å². The van der Waals surface area contributed by atoms with E-state index in [1.807, 2.05) is 13.0 Å². The SMILES string of the molecule is COC(=O)CCCCCC1C(C=CC(C)(O)CCCCCC#N)CCC1OC1CCCCO1. The standard InChI is InChI=1S/C27H45NO5/c1-27(30,18-9-3-4-10-20-28)19-17-22-15-16-24(33-26-14-8-11-21-32-26)23(22)12-6-5-7-13-25(29)31-2/h17,19,22-24,26,30H,3-16,18,21H2,1-2H3. The molecule has 0 aromatic heterocycles. The summed E-state index contributed by atoms with van der Waals surface area (Å²) in [5, 5.41) is 19.5. The van der Waals surface area contributed by atoms with Crippen molar-refractivity contribution < 1.29 is 24.1 Å². The minimum atomic E-state index is -0.816. The van der Waals surface area contributed by atoms with Crippen LogP contribution in [0.3, 0.4) is 0 Å². The Hall–Kier alpha value is -1.42. The first-order valence-corrected chi connectivity index (χ1v) is 13.1. The van der Waals surface area contributed by atoms with E-state index < -0.39 is 5.60 Å². The smallest absolute Gasteiger partial charge is 0.305 e. The van der Waals surface area contributed by atoms with Crippen molar-refractivity contribution in [2.75, 3.05) is 13.7 Å². The molecule has 1 N–H and O–H groups in total. The molecule has 0 aromatic carbocycles. The molecule has 6 heteroatoms. The summed E-state index contributed by atoms with van der Waals surface area (Å²) in [6.45, 7) is 2.67. The van der Waals surface area contributed by atoms with Crippen molar-refractivity contribution >= 4 is 5.97 Å². The lowest BCUT2D eigenvalue weighted by molar-refractivity contribution is -0.195. The number of carbonyl (C=O) groups is 1. The topological polar surface area (TPSA) is 88.8 Å². The number of allylic oxidation sites excluding steroid dienone is 1. The highest BCUT2D eigenvalue weighted by molar-refractivity contribution is 5.68. The van der Waals surface area contributed by atoms with E-state index in [1.165, 1.54) is 7.11 Å². The molecule has 2 fully saturated rings. The maximum absolute atomic E-state index is 11.4. The number of esters is 1. The Morgan fingerprint density at radius 2 is 1.97 bits per heavy atom. The number of carbonyl (C=O) groups excluding carboxylic acids is 1. The van der Waals surface area contributed by atoms with Gasteiger partial charge in [-0.05, 0) is 76.5 Å². The Bertz CT molecular complexity index is 620. The number of methoxy groups -OCH3 is 1. The molecule has 188 valence electrons. The molecule has 0 spiro atoms. The summed E-state index contributed by atoms with van der Waals surface area (Å²) in [5.41, 5.74) is -0.816. The molecule has 2 rings (SSSR count). The van der Waals surface area contributed by atoms with Crippen LogP contribution in [0.1, 0.15) is 103 Å². The van der Waals surface area contributed by atoms with Crippen molar-refractivity contribution in [3.05, 3.63) is 12.2 Å². The third kappa shape index (κ3) is 11.0. The fraction of sp³-hybridized carbons (Fsp3) is 0.852. The van der Waals surface area contributed by atoms with Crippen LogP contribution >= 0.6 is 0 Å². The van der Waals surface area contributed by atoms with Gasteiger partial charge in [0.25, 0.3) is 0 Å². The Labute approximate surface area is 200 Å². The molecule has 0 amide bonds. The van der Waals surface area contributed by atoms with E-state index in [-0.39, 0.29) is 18.4 Å². The Morgan fingerprint density at radius 3 is 2.70 bits per heavy atom. The van der Waals surface area contributed by atoms with Crippen LogP contribution in [-0.2, 0) is 19.0 Å². The highest BCUT2D eigenvalue weighted by Gasteiger charge is 2.37. The highest BCUT2D eigenvalue weighted by Crippen LogP contribution is 2.40. The molecule has 2 aliphatic rings. The second-order valence-corrected chi connectivity index (χ2v) is 9.99. The molecule has 1 saturated heterocycles. The van der Waals surface area contributed by atoms with Gasteiger partial charge in [-0.3, -0.25) is 4.79 Å². The molecule has 1 saturated carbocycles. The number of hydrogen-bond acceptors (Lipinski definition) is 6. The van der Waals surface area contributed by atoms with Gasteiger partial charge in [-0.1, -0.05) is 37.8 Å². The van der Waals surface area contributed by atoms with Gasteiger partial charge in [-0.25, -0.2) is 0 Å². The Balaban J connectivity index is 1.88. The number of aliphatic hydroxyl groups is 1. The normalized spacial score (nSPS) is 27.3. The summed E-state index contributed by atoms with van der Waals surface area (Å²) in [7, 11) is 1.44. The van der Waals surface area contributed by atoms with E-state index in [1.54, 1.807) is 0 Å². The van der Waals surface area contributed by atoms with E-state index in [0.717, 1.165) is 90.1 Å². The molecule has 5 unspecified atom stereocenters. The summed E-state index contributed by atoms with van der Waals surface area (Å²) in [4.78, 5) is 11.4. The molecule has 5 atom stereocenters. The minimum Gasteiger partial charge on any atom is -0.469 e. The first kappa shape index (κ1) is 27.8. The second-order valence-electron chi connectivity index (χ2n) is 9.99. The number of unbranched alkanes of at least 4 members (excludes halogenated alkanes) is 5. The van der Waals surface area contributed by atoms with Gasteiger partial charge >= 0.3 is 5.97 Å². The van der Waals surface area contributed by atoms with Gasteiger partial charge in [0.2, 0.25) is 0 Å². The molecule has 6 nitrogen and oxygen atoms in total. The lowest BCUT2D eigenvalue weighted by Crippen LogP contribution is -2.31. The van der Waals surface area contributed by atoms with Crippen LogP contribution in [0.2, 0.25) is 0 Å². The zero-order valence-electron chi connectivity index (χ0n) is 20.8. The lowest BCUT2D eigenvalue weighted by atomic mass is 9.87. The van der Waals surface area contributed by atoms with Gasteiger partial charge in [0.1, 0.15) is 0 Å². The van der Waals surface area contributed by atoms with E-state index >= 15 is 0 Å². The predicted octanol–water partition coefficient (Wildman–Crippen LogP) is 5.83. The van der Waals surface area contributed by atoms with Crippen molar-refractivity contribution in [2.24, 2.45) is 11.8 Å². The molecule has 0 aromatic rings. The second kappa shape index (κ2) is 15.5. The van der Waals surface area contributed by atoms with E-state index in [2.05, 4.69) is 12.1 Å². The molecule has 33 heavy (non-hydrogen) atoms. The van der Waals surface area contributed by atoms with E-state index in [4.69, 9.17) is 19.5 Å². The minimum absolute atomic E-state index is 0.0789. The van der Waals surface area contributed by atoms with Crippen molar-refractivity contribution in [2.45, 2.75) is 121 Å². The molecular formula is C27H45NO5. The van der Waals surface area contributed by atoms with Crippen LogP contribution in [0.25, 0.3) is 0 Å². The van der Waals surface area contributed by atoms with Crippen molar-refractivity contribution in [1.82, 2.24) is 0 Å². The van der Waals surface area contributed by atoms with Crippen LogP contribution < -0.4 is 0 Å². The molecule has 0 radical (unpaired) electrons. The van der Waals surface area contributed by atoms with Crippen LogP contribution in [-0.4, -0.2) is 42.8 Å². The number of ether oxygens (including phenoxy) is 3. The highest BCUT2D eigenvalue weighted by atomic mass is 16.7. The Kier molecular flexibility index (Phi) is 13.0. The summed E-state index contributed by atoms with van der Waals surface area (Å²) >= 11 is 0. The maximum atomic E-state index is 11.4. The number of hydrogen-bond donors (Lipinski definition) is 1. The van der Waals surface area contributed by atoms with Gasteiger partial charge in [-0.2, -0.15) is 5.26 Å². The van der Waals surface area contributed by atoms with Gasteiger partial charge in [0.05, 0.1) is 24.9 Å². The van der Waals surface area contributed by atoms with E-state index in [0.29, 0.717) is 24.7 Å². The van der Waals surface area contributed by atoms with Crippen molar-refractivity contribution in [3.63, 3.8) is 0 Å². The Morgan fingerprint density at radius 1 is 1.15 bits per heavy atom. The molecule has 1 aliphatic heterocycles. The zero-order chi connectivity index (χ0) is 23.9. The summed E-state index contributed by atoms with van der Waals surface area (Å²) < 4.78 is 17.0. The monoisotopic (exact) mass is 463 g/mol. The molecule has 1 aliphatic carbocycles. The molecule has 0 bridgehead atoms. The van der Waals surface area contributed by atoms with Gasteiger partial charge < -0.3 is 19.3 Å². The summed E-state index contributed by atoms with van der Waals surface area (Å²) in [6.07, 6.45) is 18.3. The number of nitriles is 1. The summed E-state index contributed by atoms with van der Waals surface area (Å²) in [6, 6.07) is 2.18. The lowest BCUT2D eigenvalue weighted by Gasteiger charge is -2.30. The quantitative estimate of drug-likeness (QED) is 0.187. The van der Waals surface area contributed by atoms with Crippen LogP contribution in [0.4, 0.5) is 0 Å². The molecule has 1 heterocycles. The average molecular weight is 464 g/mol. The van der Waals surface area contributed by atoms with Crippen molar-refractivity contribution in [3.8, 4) is 6.07 Å². The number of rotatable bonds is 15. The predicted molar refractivity (Wildman–Crippen MR) is 128 cm³/mol. The fourth-order valence-electron chi connectivity index (χ4n) is 5.09. The van der Waals surface area contributed by atoms with Gasteiger partial charge in [0, 0.05) is 19.4 Å². The zero-order valence-corrected chi connectivity index (χ0v) is 20.8. The first-order chi connectivity index (χ1) is 15.9. The third-order valence-corrected chi connectivity index (χ3v) is 7.10. The number of nitrogens with zero attached hydrogens (tertiary/aromatic N) is 1. The first-order valence-electron chi connectivity index (χ1n) is 13.1. The third-order valence-electron chi connectivity index (χ3n) is 7.10. The van der Waals surface area contributed by atoms with Gasteiger partial charge in [0.15, 0.2) is 6.29 Å². The van der Waals surface area contributed by atoms with Gasteiger partial charge in [-0.15, -0.1) is 0 Å². The van der Waals surface area contributed by atoms with Crippen LogP contribution in [0.15, 0.2) is 12.2 Å². The fourth-order valence-corrected chi connectivity index (χ4v) is 5.09. The largest absolute Gasteiger partial charge is 0.469 e. The van der Waals surface area contributed by atoms with Crippen LogP contribution in [0.5, 0.6) is 0 Å². The van der Waals surface area contributed by atoms with E-state index in [9.17, 15) is 9.90 Å². The average Bonchev–Trinajstić information content (AvgIpc) is 3.19. The van der Waals surface area contributed by atoms with Crippen molar-refractivity contribution in [1.29, 1.82) is 5.26 Å². The molecular weight excluding hydrogens is 418 g/mol. The maximum Gasteiger partial charge on any atom is 0.305 e.